The smallest absolute Gasteiger partial charge is 0.312 e. The lowest BCUT2D eigenvalue weighted by atomic mass is 9.34. The van der Waals surface area contributed by atoms with Crippen molar-refractivity contribution in [3.63, 3.8) is 0 Å². The summed E-state index contributed by atoms with van der Waals surface area (Å²) >= 11 is 3.69. The maximum atomic E-state index is 14.4. The highest BCUT2D eigenvalue weighted by Gasteiger charge is 2.81. The number of allylic oxidation sites excluding steroid dienone is 1. The van der Waals surface area contributed by atoms with Crippen LogP contribution in [-0.4, -0.2) is 35.3 Å². The van der Waals surface area contributed by atoms with E-state index in [9.17, 15) is 14.4 Å². The van der Waals surface area contributed by atoms with Gasteiger partial charge in [-0.2, -0.15) is 0 Å². The summed E-state index contributed by atoms with van der Waals surface area (Å²) in [7, 11) is 1.50. The van der Waals surface area contributed by atoms with Crippen molar-refractivity contribution in [3.8, 4) is 0 Å². The molecule has 0 radical (unpaired) electrons. The van der Waals surface area contributed by atoms with Gasteiger partial charge in [-0.05, 0) is 95.0 Å². The van der Waals surface area contributed by atoms with Gasteiger partial charge < -0.3 is 9.47 Å². The molecule has 1 aliphatic heterocycles. The summed E-state index contributed by atoms with van der Waals surface area (Å²) < 4.78 is 10.7. The third-order valence-electron chi connectivity index (χ3n) is 13.1. The molecule has 9 atom stereocenters. The first-order valence-electron chi connectivity index (χ1n) is 14.2. The third-order valence-corrected chi connectivity index (χ3v) is 14.0. The minimum absolute atomic E-state index is 0.0214. The van der Waals surface area contributed by atoms with E-state index < -0.39 is 20.8 Å². The minimum atomic E-state index is -0.943. The van der Waals surface area contributed by atoms with Crippen molar-refractivity contribution >= 4 is 33.5 Å². The van der Waals surface area contributed by atoms with Gasteiger partial charge in [0, 0.05) is 16.7 Å². The Balaban J connectivity index is 1.52. The molecule has 204 valence electrons. The number of methoxy groups -OCH3 is 1. The van der Waals surface area contributed by atoms with Crippen LogP contribution < -0.4 is 0 Å². The van der Waals surface area contributed by atoms with Crippen molar-refractivity contribution in [2.45, 2.75) is 104 Å². The number of alkyl halides is 1. The standard InChI is InChI=1S/C31H43BrO5/c1-25(2)11-13-30(24(35)36-8)14-12-28(6)21(17(30)16-25)18(33)15-20-27(28,5)10-9-19-26(3,4)22(34)31(32)23(37-31)29(19,20)7/h15,17,19,21,23H,9-14,16H2,1-8H3/t17-,19-,21-,23+,27+,28+,29-,30-,31-/m0/s1. The van der Waals surface area contributed by atoms with Crippen LogP contribution in [0.2, 0.25) is 0 Å². The fraction of sp³-hybridized carbons (Fsp3) is 0.839. The van der Waals surface area contributed by atoms with Crippen LogP contribution in [0.15, 0.2) is 11.6 Å². The van der Waals surface area contributed by atoms with Gasteiger partial charge in [-0.3, -0.25) is 14.4 Å². The predicted octanol–water partition coefficient (Wildman–Crippen LogP) is 6.42. The van der Waals surface area contributed by atoms with Crippen LogP contribution in [0.1, 0.15) is 93.4 Å². The lowest BCUT2D eigenvalue weighted by Crippen LogP contribution is -2.67. The van der Waals surface area contributed by atoms with Crippen LogP contribution in [-0.2, 0) is 23.9 Å². The average Bonchev–Trinajstić information content (AvgIpc) is 3.52. The van der Waals surface area contributed by atoms with Gasteiger partial charge in [0.1, 0.15) is 6.10 Å². The molecule has 1 saturated heterocycles. The van der Waals surface area contributed by atoms with Crippen LogP contribution in [0.5, 0.6) is 0 Å². The number of carbonyl (C=O) groups excluding carboxylic acids is 3. The maximum Gasteiger partial charge on any atom is 0.312 e. The van der Waals surface area contributed by atoms with Gasteiger partial charge in [0.2, 0.25) is 4.51 Å². The van der Waals surface area contributed by atoms with Gasteiger partial charge in [0.05, 0.1) is 12.5 Å². The summed E-state index contributed by atoms with van der Waals surface area (Å²) in [5, 5.41) is 0. The Morgan fingerprint density at radius 2 is 1.65 bits per heavy atom. The molecule has 0 aromatic carbocycles. The number of hydrogen-bond acceptors (Lipinski definition) is 5. The van der Waals surface area contributed by atoms with Gasteiger partial charge in [-0.25, -0.2) is 0 Å². The number of fused-ring (bicyclic) bond motifs is 9. The van der Waals surface area contributed by atoms with E-state index in [0.717, 1.165) is 44.9 Å². The van der Waals surface area contributed by atoms with E-state index in [-0.39, 0.29) is 57.6 Å². The maximum absolute atomic E-state index is 14.4. The Hall–Kier alpha value is -1.01. The summed E-state index contributed by atoms with van der Waals surface area (Å²) in [6.45, 7) is 15.7. The number of ether oxygens (including phenoxy) is 2. The summed E-state index contributed by atoms with van der Waals surface area (Å²) in [6.07, 6.45) is 7.83. The molecule has 1 heterocycles. The Morgan fingerprint density at radius 3 is 2.30 bits per heavy atom. The van der Waals surface area contributed by atoms with E-state index in [2.05, 4.69) is 64.4 Å². The van der Waals surface area contributed by atoms with Crippen molar-refractivity contribution in [3.05, 3.63) is 11.6 Å². The van der Waals surface area contributed by atoms with Crippen LogP contribution in [0.4, 0.5) is 0 Å². The van der Waals surface area contributed by atoms with Crippen molar-refractivity contribution in [1.29, 1.82) is 0 Å². The SMILES string of the molecule is COC(=O)[C@]12CCC(C)(C)C[C@H]1[C@H]1C(=O)C=C3[C@@]4(C)[C@H]5O[C@@]5(Br)C(=O)C(C)(C)[C@@H]4CC[C@@]3(C)[C@]1(C)CC2. The van der Waals surface area contributed by atoms with Crippen molar-refractivity contribution in [2.24, 2.45) is 50.2 Å². The number of rotatable bonds is 1. The molecule has 5 aliphatic carbocycles. The highest BCUT2D eigenvalue weighted by Crippen LogP contribution is 2.78. The van der Waals surface area contributed by atoms with E-state index in [1.165, 1.54) is 12.7 Å². The van der Waals surface area contributed by atoms with Gasteiger partial charge in [0.15, 0.2) is 11.6 Å². The summed E-state index contributed by atoms with van der Waals surface area (Å²) in [5.74, 6) is 0.0644. The predicted molar refractivity (Wildman–Crippen MR) is 144 cm³/mol. The van der Waals surface area contributed by atoms with E-state index in [1.54, 1.807) is 0 Å². The minimum Gasteiger partial charge on any atom is -0.469 e. The summed E-state index contributed by atoms with van der Waals surface area (Å²) in [5.41, 5.74) is -0.733. The lowest BCUT2D eigenvalue weighted by molar-refractivity contribution is -0.192. The molecule has 0 spiro atoms. The monoisotopic (exact) mass is 574 g/mol. The van der Waals surface area contributed by atoms with Gasteiger partial charge >= 0.3 is 5.97 Å². The molecular weight excluding hydrogens is 532 g/mol. The first-order chi connectivity index (χ1) is 17.0. The largest absolute Gasteiger partial charge is 0.469 e. The molecule has 6 aliphatic rings. The van der Waals surface area contributed by atoms with E-state index in [4.69, 9.17) is 9.47 Å². The first-order valence-corrected chi connectivity index (χ1v) is 15.0. The molecule has 0 amide bonds. The summed E-state index contributed by atoms with van der Waals surface area (Å²) in [6, 6.07) is 0. The van der Waals surface area contributed by atoms with Crippen LogP contribution in [0, 0.1) is 50.2 Å². The zero-order valence-electron chi connectivity index (χ0n) is 23.8. The zero-order valence-corrected chi connectivity index (χ0v) is 25.3. The fourth-order valence-electron chi connectivity index (χ4n) is 10.8. The normalized spacial score (nSPS) is 52.9. The number of epoxide rings is 1. The Labute approximate surface area is 230 Å². The molecule has 0 aromatic rings. The number of hydrogen-bond donors (Lipinski definition) is 0. The first kappa shape index (κ1) is 26.2. The number of ketones is 2. The zero-order chi connectivity index (χ0) is 27.2. The van der Waals surface area contributed by atoms with E-state index >= 15 is 0 Å². The molecule has 6 rings (SSSR count). The highest BCUT2D eigenvalue weighted by molar-refractivity contribution is 9.10. The third kappa shape index (κ3) is 2.83. The molecule has 0 unspecified atom stereocenters. The van der Waals surface area contributed by atoms with Crippen LogP contribution >= 0.6 is 15.9 Å². The lowest BCUT2D eigenvalue weighted by Gasteiger charge is -2.69. The topological polar surface area (TPSA) is 73.0 Å². The van der Waals surface area contributed by atoms with Crippen LogP contribution in [0.25, 0.3) is 0 Å². The fourth-order valence-corrected chi connectivity index (χ4v) is 12.0. The second-order valence-electron chi connectivity index (χ2n) is 15.4. The number of carbonyl (C=O) groups is 3. The number of esters is 1. The van der Waals surface area contributed by atoms with Crippen molar-refractivity contribution in [1.82, 2.24) is 0 Å². The Morgan fingerprint density at radius 1 is 1.00 bits per heavy atom. The van der Waals surface area contributed by atoms with Crippen LogP contribution in [0.3, 0.4) is 0 Å². The molecule has 5 fully saturated rings. The van der Waals surface area contributed by atoms with Crippen molar-refractivity contribution in [2.75, 3.05) is 7.11 Å². The molecule has 0 aromatic heterocycles. The Bertz CT molecular complexity index is 1150. The molecule has 4 saturated carbocycles. The second kappa shape index (κ2) is 7.19. The second-order valence-corrected chi connectivity index (χ2v) is 16.6. The highest BCUT2D eigenvalue weighted by atomic mass is 79.9. The Kier molecular flexibility index (Phi) is 5.10. The van der Waals surface area contributed by atoms with E-state index in [1.807, 2.05) is 6.08 Å². The van der Waals surface area contributed by atoms with Gasteiger partial charge in [0.25, 0.3) is 0 Å². The number of halogens is 1. The quantitative estimate of drug-likeness (QED) is 0.205. The molecule has 0 bridgehead atoms. The average molecular weight is 576 g/mol. The van der Waals surface area contributed by atoms with E-state index in [0.29, 0.717) is 0 Å². The van der Waals surface area contributed by atoms with Crippen molar-refractivity contribution < 1.29 is 23.9 Å². The van der Waals surface area contributed by atoms with Gasteiger partial charge in [-0.1, -0.05) is 54.0 Å². The molecule has 37 heavy (non-hydrogen) atoms. The molecular formula is C31H43BrO5. The number of Topliss-reactive ketones (excluding diaryl/α,β-unsaturated/α-hetero) is 1. The van der Waals surface area contributed by atoms with Gasteiger partial charge in [-0.15, -0.1) is 0 Å². The molecule has 0 N–H and O–H groups in total. The molecule has 6 heteroatoms. The summed E-state index contributed by atoms with van der Waals surface area (Å²) in [4.78, 5) is 41.3. The molecule has 5 nitrogen and oxygen atoms in total.